The van der Waals surface area contributed by atoms with Gasteiger partial charge in [-0.25, -0.2) is 4.39 Å². The molecule has 1 N–H and O–H groups in total. The lowest BCUT2D eigenvalue weighted by molar-refractivity contribution is 0.342. The minimum Gasteiger partial charge on any atom is -0.314 e. The lowest BCUT2D eigenvalue weighted by atomic mass is 9.84. The second-order valence-corrected chi connectivity index (χ2v) is 6.91. The Balaban J connectivity index is 2.70. The van der Waals surface area contributed by atoms with E-state index in [1.54, 1.807) is 12.1 Å². The number of rotatable bonds is 6. The Labute approximate surface area is 117 Å². The van der Waals surface area contributed by atoms with Gasteiger partial charge < -0.3 is 5.32 Å². The molecule has 1 aromatic carbocycles. The standard InChI is InChI=1S/C17H28FN/c1-13(2)19-12-15(10-11-17(3,4)5)14-6-8-16(18)9-7-14/h6-9,13,15,19H,10-12H2,1-5H3. The maximum absolute atomic E-state index is 13.0. The summed E-state index contributed by atoms with van der Waals surface area (Å²) in [6, 6.07) is 7.46. The first-order valence-corrected chi connectivity index (χ1v) is 7.27. The molecule has 0 heterocycles. The topological polar surface area (TPSA) is 12.0 Å². The first-order valence-electron chi connectivity index (χ1n) is 7.27. The van der Waals surface area contributed by atoms with Crippen LogP contribution < -0.4 is 5.32 Å². The van der Waals surface area contributed by atoms with E-state index in [1.165, 1.54) is 12.0 Å². The minimum atomic E-state index is -0.157. The summed E-state index contributed by atoms with van der Waals surface area (Å²) >= 11 is 0. The SMILES string of the molecule is CC(C)NCC(CCC(C)(C)C)c1ccc(F)cc1. The maximum atomic E-state index is 13.0. The molecule has 0 aliphatic heterocycles. The first-order chi connectivity index (χ1) is 8.78. The largest absolute Gasteiger partial charge is 0.314 e. The normalized spacial score (nSPS) is 13.8. The fourth-order valence-electron chi connectivity index (χ4n) is 2.11. The molecule has 1 atom stereocenters. The fourth-order valence-corrected chi connectivity index (χ4v) is 2.11. The molecule has 0 bridgehead atoms. The molecule has 0 fully saturated rings. The fraction of sp³-hybridized carbons (Fsp3) is 0.647. The molecule has 19 heavy (non-hydrogen) atoms. The summed E-state index contributed by atoms with van der Waals surface area (Å²) < 4.78 is 13.0. The van der Waals surface area contributed by atoms with Crippen LogP contribution in [0.1, 0.15) is 58.9 Å². The van der Waals surface area contributed by atoms with Crippen LogP contribution in [0.4, 0.5) is 4.39 Å². The van der Waals surface area contributed by atoms with Gasteiger partial charge in [0.05, 0.1) is 0 Å². The van der Waals surface area contributed by atoms with Crippen LogP contribution in [0.5, 0.6) is 0 Å². The van der Waals surface area contributed by atoms with Gasteiger partial charge in [0.2, 0.25) is 0 Å². The van der Waals surface area contributed by atoms with Crippen LogP contribution in [-0.4, -0.2) is 12.6 Å². The molecule has 0 aliphatic carbocycles. The van der Waals surface area contributed by atoms with Gasteiger partial charge in [-0.15, -0.1) is 0 Å². The quantitative estimate of drug-likeness (QED) is 0.784. The lowest BCUT2D eigenvalue weighted by Gasteiger charge is -2.24. The summed E-state index contributed by atoms with van der Waals surface area (Å²) in [5, 5.41) is 3.50. The molecular weight excluding hydrogens is 237 g/mol. The van der Waals surface area contributed by atoms with E-state index in [2.05, 4.69) is 39.9 Å². The van der Waals surface area contributed by atoms with E-state index in [4.69, 9.17) is 0 Å². The number of halogens is 1. The Bertz CT molecular complexity index is 362. The van der Waals surface area contributed by atoms with Gasteiger partial charge >= 0.3 is 0 Å². The van der Waals surface area contributed by atoms with Crippen LogP contribution in [0, 0.1) is 11.2 Å². The van der Waals surface area contributed by atoms with E-state index in [1.807, 2.05) is 12.1 Å². The highest BCUT2D eigenvalue weighted by Gasteiger charge is 2.17. The zero-order chi connectivity index (χ0) is 14.5. The molecule has 1 unspecified atom stereocenters. The van der Waals surface area contributed by atoms with E-state index in [0.29, 0.717) is 17.4 Å². The van der Waals surface area contributed by atoms with E-state index in [9.17, 15) is 4.39 Å². The molecule has 0 saturated heterocycles. The Morgan fingerprint density at radius 2 is 1.68 bits per heavy atom. The van der Waals surface area contributed by atoms with Gasteiger partial charge in [0, 0.05) is 12.6 Å². The number of nitrogens with one attached hydrogen (secondary N) is 1. The van der Waals surface area contributed by atoms with Gasteiger partial charge in [-0.1, -0.05) is 46.8 Å². The highest BCUT2D eigenvalue weighted by atomic mass is 19.1. The molecular formula is C17H28FN. The average Bonchev–Trinajstić information content (AvgIpc) is 2.29. The number of benzene rings is 1. The van der Waals surface area contributed by atoms with Crippen molar-refractivity contribution in [2.75, 3.05) is 6.54 Å². The number of hydrogen-bond acceptors (Lipinski definition) is 1. The van der Waals surface area contributed by atoms with Crippen molar-refractivity contribution in [3.63, 3.8) is 0 Å². The highest BCUT2D eigenvalue weighted by Crippen LogP contribution is 2.28. The molecule has 1 aromatic rings. The molecule has 0 radical (unpaired) electrons. The van der Waals surface area contributed by atoms with Crippen molar-refractivity contribution >= 4 is 0 Å². The van der Waals surface area contributed by atoms with Crippen molar-refractivity contribution in [2.24, 2.45) is 5.41 Å². The summed E-state index contributed by atoms with van der Waals surface area (Å²) in [4.78, 5) is 0. The molecule has 0 aliphatic rings. The van der Waals surface area contributed by atoms with Crippen LogP contribution in [0.3, 0.4) is 0 Å². The molecule has 0 amide bonds. The summed E-state index contributed by atoms with van der Waals surface area (Å²) in [6.45, 7) is 12.1. The van der Waals surface area contributed by atoms with Gasteiger partial charge in [0.1, 0.15) is 5.82 Å². The van der Waals surface area contributed by atoms with Crippen LogP contribution in [0.2, 0.25) is 0 Å². The summed E-state index contributed by atoms with van der Waals surface area (Å²) in [6.07, 6.45) is 2.31. The first kappa shape index (κ1) is 16.2. The second kappa shape index (κ2) is 7.04. The Kier molecular flexibility index (Phi) is 5.99. The van der Waals surface area contributed by atoms with Gasteiger partial charge in [0.25, 0.3) is 0 Å². The van der Waals surface area contributed by atoms with E-state index in [-0.39, 0.29) is 5.82 Å². The van der Waals surface area contributed by atoms with E-state index >= 15 is 0 Å². The third kappa shape index (κ3) is 6.72. The second-order valence-electron chi connectivity index (χ2n) is 6.91. The van der Waals surface area contributed by atoms with Gasteiger partial charge in [-0.3, -0.25) is 0 Å². The van der Waals surface area contributed by atoms with Crippen LogP contribution in [-0.2, 0) is 0 Å². The smallest absolute Gasteiger partial charge is 0.123 e. The van der Waals surface area contributed by atoms with Gasteiger partial charge in [-0.05, 0) is 41.9 Å². The van der Waals surface area contributed by atoms with E-state index < -0.39 is 0 Å². The molecule has 108 valence electrons. The monoisotopic (exact) mass is 265 g/mol. The predicted molar refractivity (Wildman–Crippen MR) is 81.0 cm³/mol. The minimum absolute atomic E-state index is 0.157. The van der Waals surface area contributed by atoms with Gasteiger partial charge in [0.15, 0.2) is 0 Å². The number of hydrogen-bond donors (Lipinski definition) is 1. The molecule has 0 saturated carbocycles. The maximum Gasteiger partial charge on any atom is 0.123 e. The van der Waals surface area contributed by atoms with Crippen molar-refractivity contribution in [3.05, 3.63) is 35.6 Å². The van der Waals surface area contributed by atoms with Crippen molar-refractivity contribution in [1.82, 2.24) is 5.32 Å². The lowest BCUT2D eigenvalue weighted by Crippen LogP contribution is -2.28. The molecule has 0 aromatic heterocycles. The third-order valence-electron chi connectivity index (χ3n) is 3.36. The summed E-state index contributed by atoms with van der Waals surface area (Å²) in [7, 11) is 0. The zero-order valence-electron chi connectivity index (χ0n) is 13.0. The van der Waals surface area contributed by atoms with Crippen LogP contribution >= 0.6 is 0 Å². The van der Waals surface area contributed by atoms with Crippen molar-refractivity contribution in [2.45, 2.75) is 59.4 Å². The van der Waals surface area contributed by atoms with Gasteiger partial charge in [-0.2, -0.15) is 0 Å². The summed E-state index contributed by atoms with van der Waals surface area (Å²) in [5.74, 6) is 0.303. The van der Waals surface area contributed by atoms with Crippen molar-refractivity contribution < 1.29 is 4.39 Å². The third-order valence-corrected chi connectivity index (χ3v) is 3.36. The zero-order valence-corrected chi connectivity index (χ0v) is 13.0. The Hall–Kier alpha value is -0.890. The predicted octanol–water partition coefficient (Wildman–Crippen LogP) is 4.73. The van der Waals surface area contributed by atoms with E-state index in [0.717, 1.165) is 13.0 Å². The van der Waals surface area contributed by atoms with Crippen molar-refractivity contribution in [1.29, 1.82) is 0 Å². The highest BCUT2D eigenvalue weighted by molar-refractivity contribution is 5.21. The van der Waals surface area contributed by atoms with Crippen molar-refractivity contribution in [3.8, 4) is 0 Å². The summed E-state index contributed by atoms with van der Waals surface area (Å²) in [5.41, 5.74) is 1.58. The molecule has 2 heteroatoms. The van der Waals surface area contributed by atoms with Crippen LogP contribution in [0.15, 0.2) is 24.3 Å². The Morgan fingerprint density at radius 3 is 2.16 bits per heavy atom. The molecule has 1 nitrogen and oxygen atoms in total. The average molecular weight is 265 g/mol. The van der Waals surface area contributed by atoms with Crippen LogP contribution in [0.25, 0.3) is 0 Å². The Morgan fingerprint density at radius 1 is 1.11 bits per heavy atom. The molecule has 1 rings (SSSR count). The molecule has 0 spiro atoms.